The second-order valence-electron chi connectivity index (χ2n) is 4.41. The van der Waals surface area contributed by atoms with E-state index in [1.807, 2.05) is 5.43 Å². The molecule has 0 fully saturated rings. The average Bonchev–Trinajstić information content (AvgIpc) is 2.56. The number of anilines is 1. The van der Waals surface area contributed by atoms with Crippen LogP contribution in [0.1, 0.15) is 5.56 Å². The van der Waals surface area contributed by atoms with E-state index in [1.165, 1.54) is 25.3 Å². The van der Waals surface area contributed by atoms with E-state index < -0.39 is 17.6 Å². The summed E-state index contributed by atoms with van der Waals surface area (Å²) >= 11 is 0. The Bertz CT molecular complexity index is 747. The van der Waals surface area contributed by atoms with Gasteiger partial charge in [-0.2, -0.15) is 5.10 Å². The molecule has 0 saturated carbocycles. The Hall–Kier alpha value is -3.22. The van der Waals surface area contributed by atoms with E-state index in [9.17, 15) is 14.0 Å². The van der Waals surface area contributed by atoms with Gasteiger partial charge in [0.25, 0.3) is 0 Å². The van der Waals surface area contributed by atoms with Crippen molar-refractivity contribution in [2.75, 3.05) is 12.4 Å². The molecule has 0 spiro atoms. The van der Waals surface area contributed by atoms with Crippen molar-refractivity contribution >= 4 is 23.7 Å². The normalized spacial score (nSPS) is 10.3. The van der Waals surface area contributed by atoms with Crippen LogP contribution in [-0.2, 0) is 9.59 Å². The Morgan fingerprint density at radius 1 is 1.13 bits per heavy atom. The molecule has 118 valence electrons. The van der Waals surface area contributed by atoms with Crippen LogP contribution >= 0.6 is 0 Å². The molecule has 2 aromatic carbocycles. The fourth-order valence-electron chi connectivity index (χ4n) is 1.68. The minimum absolute atomic E-state index is 0.195. The van der Waals surface area contributed by atoms with Crippen LogP contribution in [-0.4, -0.2) is 25.1 Å². The summed E-state index contributed by atoms with van der Waals surface area (Å²) in [6.07, 6.45) is 1.12. The summed E-state index contributed by atoms with van der Waals surface area (Å²) in [6.45, 7) is 0. The number of halogens is 1. The number of hydrazone groups is 1. The van der Waals surface area contributed by atoms with Gasteiger partial charge in [0.2, 0.25) is 0 Å². The number of hydrogen-bond acceptors (Lipinski definition) is 4. The van der Waals surface area contributed by atoms with Gasteiger partial charge in [-0.1, -0.05) is 24.3 Å². The SMILES string of the molecule is COc1cccc(NC(=O)C(=O)N/N=C\c2ccccc2F)c1. The molecule has 23 heavy (non-hydrogen) atoms. The molecule has 6 nitrogen and oxygen atoms in total. The number of nitrogens with zero attached hydrogens (tertiary/aromatic N) is 1. The van der Waals surface area contributed by atoms with E-state index in [4.69, 9.17) is 4.74 Å². The molecule has 7 heteroatoms. The van der Waals surface area contributed by atoms with Gasteiger partial charge in [0.05, 0.1) is 13.3 Å². The lowest BCUT2D eigenvalue weighted by molar-refractivity contribution is -0.136. The molecule has 0 unspecified atom stereocenters. The van der Waals surface area contributed by atoms with E-state index in [2.05, 4.69) is 10.4 Å². The number of methoxy groups -OCH3 is 1. The maximum absolute atomic E-state index is 13.3. The van der Waals surface area contributed by atoms with E-state index in [0.29, 0.717) is 11.4 Å². The first kappa shape index (κ1) is 16.2. The predicted octanol–water partition coefficient (Wildman–Crippen LogP) is 1.92. The molecule has 0 aliphatic rings. The Balaban J connectivity index is 1.92. The Morgan fingerprint density at radius 3 is 2.65 bits per heavy atom. The molecule has 0 bridgehead atoms. The minimum Gasteiger partial charge on any atom is -0.497 e. The number of nitrogens with one attached hydrogen (secondary N) is 2. The standard InChI is InChI=1S/C16H14FN3O3/c1-23-13-7-4-6-12(9-13)19-15(21)16(22)20-18-10-11-5-2-3-8-14(11)17/h2-10H,1H3,(H,19,21)(H,20,22)/b18-10-. The smallest absolute Gasteiger partial charge is 0.329 e. The van der Waals surface area contributed by atoms with Gasteiger partial charge in [-0.05, 0) is 18.2 Å². The van der Waals surface area contributed by atoms with Gasteiger partial charge >= 0.3 is 11.8 Å². The van der Waals surface area contributed by atoms with Crippen molar-refractivity contribution in [3.8, 4) is 5.75 Å². The highest BCUT2D eigenvalue weighted by molar-refractivity contribution is 6.39. The van der Waals surface area contributed by atoms with Crippen LogP contribution in [0.5, 0.6) is 5.75 Å². The van der Waals surface area contributed by atoms with E-state index in [1.54, 1.807) is 30.3 Å². The minimum atomic E-state index is -0.972. The van der Waals surface area contributed by atoms with Gasteiger partial charge in [-0.15, -0.1) is 0 Å². The van der Waals surface area contributed by atoms with Gasteiger partial charge in [-0.25, -0.2) is 9.82 Å². The van der Waals surface area contributed by atoms with Gasteiger partial charge in [0.1, 0.15) is 11.6 Å². The molecule has 0 aliphatic heterocycles. The molecular weight excluding hydrogens is 301 g/mol. The fraction of sp³-hybridized carbons (Fsp3) is 0.0625. The van der Waals surface area contributed by atoms with Crippen molar-refractivity contribution in [1.29, 1.82) is 0 Å². The first-order valence-electron chi connectivity index (χ1n) is 6.63. The second-order valence-corrected chi connectivity index (χ2v) is 4.41. The van der Waals surface area contributed by atoms with E-state index in [0.717, 1.165) is 6.21 Å². The molecular formula is C16H14FN3O3. The fourth-order valence-corrected chi connectivity index (χ4v) is 1.68. The second kappa shape index (κ2) is 7.69. The monoisotopic (exact) mass is 315 g/mol. The zero-order chi connectivity index (χ0) is 16.7. The number of amides is 2. The molecule has 0 saturated heterocycles. The highest BCUT2D eigenvalue weighted by Crippen LogP contribution is 2.16. The van der Waals surface area contributed by atoms with Crippen molar-refractivity contribution in [1.82, 2.24) is 5.43 Å². The number of rotatable bonds is 4. The molecule has 0 atom stereocenters. The Labute approximate surface area is 132 Å². The van der Waals surface area contributed by atoms with Gasteiger partial charge in [0.15, 0.2) is 0 Å². The van der Waals surface area contributed by atoms with Crippen LogP contribution in [0.25, 0.3) is 0 Å². The van der Waals surface area contributed by atoms with Gasteiger partial charge in [0, 0.05) is 17.3 Å². The Kier molecular flexibility index (Phi) is 5.40. The molecule has 2 aromatic rings. The number of ether oxygens (including phenoxy) is 1. The van der Waals surface area contributed by atoms with E-state index in [-0.39, 0.29) is 5.56 Å². The lowest BCUT2D eigenvalue weighted by Crippen LogP contribution is -2.32. The number of hydrogen-bond donors (Lipinski definition) is 2. The van der Waals surface area contributed by atoms with Crippen molar-refractivity contribution in [2.45, 2.75) is 0 Å². The highest BCUT2D eigenvalue weighted by Gasteiger charge is 2.13. The van der Waals surface area contributed by atoms with Crippen molar-refractivity contribution in [2.24, 2.45) is 5.10 Å². The first-order chi connectivity index (χ1) is 11.1. The topological polar surface area (TPSA) is 79.8 Å². The third-order valence-electron chi connectivity index (χ3n) is 2.81. The summed E-state index contributed by atoms with van der Waals surface area (Å²) in [4.78, 5) is 23.3. The van der Waals surface area contributed by atoms with Gasteiger partial charge < -0.3 is 10.1 Å². The zero-order valence-electron chi connectivity index (χ0n) is 12.2. The molecule has 0 aliphatic carbocycles. The molecule has 0 aromatic heterocycles. The third kappa shape index (κ3) is 4.63. The van der Waals surface area contributed by atoms with Crippen molar-refractivity contribution in [3.63, 3.8) is 0 Å². The summed E-state index contributed by atoms with van der Waals surface area (Å²) < 4.78 is 18.3. The van der Waals surface area contributed by atoms with Crippen LogP contribution in [0.3, 0.4) is 0 Å². The number of carbonyl (C=O) groups excluding carboxylic acids is 2. The highest BCUT2D eigenvalue weighted by atomic mass is 19.1. The Morgan fingerprint density at radius 2 is 1.91 bits per heavy atom. The molecule has 2 N–H and O–H groups in total. The molecule has 0 heterocycles. The van der Waals surface area contributed by atoms with Crippen LogP contribution in [0, 0.1) is 5.82 Å². The number of benzene rings is 2. The summed E-state index contributed by atoms with van der Waals surface area (Å²) in [6, 6.07) is 12.5. The lowest BCUT2D eigenvalue weighted by Gasteiger charge is -2.05. The lowest BCUT2D eigenvalue weighted by atomic mass is 10.2. The summed E-state index contributed by atoms with van der Waals surface area (Å²) in [7, 11) is 1.49. The first-order valence-corrected chi connectivity index (χ1v) is 6.63. The molecule has 0 radical (unpaired) electrons. The van der Waals surface area contributed by atoms with Crippen LogP contribution in [0.2, 0.25) is 0 Å². The van der Waals surface area contributed by atoms with E-state index >= 15 is 0 Å². The third-order valence-corrected chi connectivity index (χ3v) is 2.81. The van der Waals surface area contributed by atoms with Crippen LogP contribution < -0.4 is 15.5 Å². The number of carbonyl (C=O) groups is 2. The molecule has 2 rings (SSSR count). The molecule has 2 amide bonds. The summed E-state index contributed by atoms with van der Waals surface area (Å²) in [5, 5.41) is 5.95. The van der Waals surface area contributed by atoms with Crippen molar-refractivity contribution < 1.29 is 18.7 Å². The summed E-state index contributed by atoms with van der Waals surface area (Å²) in [5.74, 6) is -1.81. The largest absolute Gasteiger partial charge is 0.497 e. The average molecular weight is 315 g/mol. The van der Waals surface area contributed by atoms with Gasteiger partial charge in [-0.3, -0.25) is 9.59 Å². The van der Waals surface area contributed by atoms with Crippen LogP contribution in [0.4, 0.5) is 10.1 Å². The maximum atomic E-state index is 13.3. The quantitative estimate of drug-likeness (QED) is 0.514. The summed E-state index contributed by atoms with van der Waals surface area (Å²) in [5.41, 5.74) is 2.63. The van der Waals surface area contributed by atoms with Crippen LogP contribution in [0.15, 0.2) is 53.6 Å². The zero-order valence-corrected chi connectivity index (χ0v) is 12.2. The predicted molar refractivity (Wildman–Crippen MR) is 83.8 cm³/mol. The van der Waals surface area contributed by atoms with Crippen molar-refractivity contribution in [3.05, 3.63) is 59.9 Å². The maximum Gasteiger partial charge on any atom is 0.329 e.